The Hall–Kier alpha value is -1.57. The number of benzene rings is 2. The monoisotopic (exact) mass is 428 g/mol. The van der Waals surface area contributed by atoms with Crippen molar-refractivity contribution in [2.45, 2.75) is 23.9 Å². The lowest BCUT2D eigenvalue weighted by Crippen LogP contribution is -2.49. The Kier molecular flexibility index (Phi) is 5.30. The van der Waals surface area contributed by atoms with Crippen molar-refractivity contribution in [2.75, 3.05) is 45.1 Å². The fourth-order valence-electron chi connectivity index (χ4n) is 4.61. The first kappa shape index (κ1) is 19.4. The van der Waals surface area contributed by atoms with Gasteiger partial charge in [0, 0.05) is 48.3 Å². The van der Waals surface area contributed by atoms with Crippen LogP contribution in [0.25, 0.3) is 0 Å². The summed E-state index contributed by atoms with van der Waals surface area (Å²) in [6.07, 6.45) is 1.75. The third kappa shape index (κ3) is 3.80. The minimum absolute atomic E-state index is 0.0564. The van der Waals surface area contributed by atoms with Crippen molar-refractivity contribution in [2.24, 2.45) is 0 Å². The van der Waals surface area contributed by atoms with Crippen molar-refractivity contribution < 1.29 is 4.79 Å². The molecule has 1 fully saturated rings. The number of carbonyl (C=O) groups excluding carboxylic acids is 1. The van der Waals surface area contributed by atoms with Gasteiger partial charge >= 0.3 is 0 Å². The summed E-state index contributed by atoms with van der Waals surface area (Å²) in [5.41, 5.74) is 4.52. The topological polar surface area (TPSA) is 38.8 Å². The van der Waals surface area contributed by atoms with Gasteiger partial charge in [0.25, 0.3) is 0 Å². The highest BCUT2D eigenvalue weighted by atomic mass is 35.5. The van der Waals surface area contributed by atoms with E-state index in [9.17, 15) is 4.79 Å². The Balaban J connectivity index is 1.18. The molecule has 0 saturated carbocycles. The zero-order valence-corrected chi connectivity index (χ0v) is 18.1. The molecule has 2 aromatic carbocycles. The molecule has 1 N–H and O–H groups in total. The third-order valence-electron chi connectivity index (χ3n) is 6.13. The highest BCUT2D eigenvalue weighted by Gasteiger charge is 2.34. The number of piperazine rings is 1. The number of nitrogens with zero attached hydrogens (tertiary/aromatic N) is 3. The molecule has 0 aromatic heterocycles. The standard InChI is InChI=1S/C22H25ClN4OS/c1-25-22(17-4-2-3-5-20(17)29-25)27-10-8-26(9-11-27)7-6-15-12-16-13-21(28)24-19(16)14-18(15)23/h2-5,12,14,22H,6-11,13H2,1H3,(H,24,28). The number of hydrogen-bond acceptors (Lipinski definition) is 5. The zero-order valence-electron chi connectivity index (χ0n) is 16.5. The number of carbonyl (C=O) groups is 1. The molecule has 1 unspecified atom stereocenters. The van der Waals surface area contributed by atoms with E-state index in [-0.39, 0.29) is 5.91 Å². The van der Waals surface area contributed by atoms with Crippen LogP contribution in [0.4, 0.5) is 5.69 Å². The van der Waals surface area contributed by atoms with Crippen LogP contribution in [0.5, 0.6) is 0 Å². The van der Waals surface area contributed by atoms with Crippen LogP contribution in [0.3, 0.4) is 0 Å². The predicted molar refractivity (Wildman–Crippen MR) is 118 cm³/mol. The Morgan fingerprint density at radius 1 is 1.17 bits per heavy atom. The van der Waals surface area contributed by atoms with E-state index in [0.717, 1.165) is 61.0 Å². The fraction of sp³-hybridized carbons (Fsp3) is 0.409. The van der Waals surface area contributed by atoms with E-state index in [0.29, 0.717) is 12.6 Å². The lowest BCUT2D eigenvalue weighted by molar-refractivity contribution is -0.115. The van der Waals surface area contributed by atoms with Gasteiger partial charge in [-0.2, -0.15) is 0 Å². The van der Waals surface area contributed by atoms with Crippen LogP contribution in [-0.2, 0) is 17.6 Å². The molecular formula is C22H25ClN4OS. The number of anilines is 1. The van der Waals surface area contributed by atoms with Crippen LogP contribution in [-0.4, -0.2) is 59.8 Å². The molecule has 1 saturated heterocycles. The zero-order chi connectivity index (χ0) is 20.0. The summed E-state index contributed by atoms with van der Waals surface area (Å²) in [6.45, 7) is 5.28. The largest absolute Gasteiger partial charge is 0.325 e. The summed E-state index contributed by atoms with van der Waals surface area (Å²) in [5, 5.41) is 3.62. The van der Waals surface area contributed by atoms with E-state index in [4.69, 9.17) is 11.6 Å². The second kappa shape index (κ2) is 7.93. The molecule has 1 atom stereocenters. The smallest absolute Gasteiger partial charge is 0.228 e. The van der Waals surface area contributed by atoms with Gasteiger partial charge in [-0.1, -0.05) is 35.9 Å². The van der Waals surface area contributed by atoms with Crippen LogP contribution in [0.2, 0.25) is 5.02 Å². The lowest BCUT2D eigenvalue weighted by Gasteiger charge is -2.40. The van der Waals surface area contributed by atoms with Gasteiger partial charge in [0.2, 0.25) is 5.91 Å². The van der Waals surface area contributed by atoms with Crippen molar-refractivity contribution in [3.63, 3.8) is 0 Å². The molecule has 3 aliphatic heterocycles. The molecule has 29 heavy (non-hydrogen) atoms. The molecule has 5 nitrogen and oxygen atoms in total. The van der Waals surface area contributed by atoms with Crippen molar-refractivity contribution >= 4 is 35.1 Å². The van der Waals surface area contributed by atoms with Gasteiger partial charge in [-0.15, -0.1) is 0 Å². The Bertz CT molecular complexity index is 944. The maximum absolute atomic E-state index is 11.6. The highest BCUT2D eigenvalue weighted by molar-refractivity contribution is 7.97. The fourth-order valence-corrected chi connectivity index (χ4v) is 5.94. The Morgan fingerprint density at radius 3 is 2.79 bits per heavy atom. The minimum Gasteiger partial charge on any atom is -0.325 e. The summed E-state index contributed by atoms with van der Waals surface area (Å²) in [5.74, 6) is 0.0564. The number of halogens is 1. The lowest BCUT2D eigenvalue weighted by atomic mass is 10.1. The quantitative estimate of drug-likeness (QED) is 0.752. The second-order valence-electron chi connectivity index (χ2n) is 8.00. The number of rotatable bonds is 4. The van der Waals surface area contributed by atoms with Crippen molar-refractivity contribution in [3.8, 4) is 0 Å². The molecule has 0 bridgehead atoms. The second-order valence-corrected chi connectivity index (χ2v) is 9.61. The first-order chi connectivity index (χ1) is 14.1. The molecule has 0 aliphatic carbocycles. The highest BCUT2D eigenvalue weighted by Crippen LogP contribution is 2.44. The van der Waals surface area contributed by atoms with E-state index in [1.54, 1.807) is 0 Å². The number of amides is 1. The van der Waals surface area contributed by atoms with Crippen molar-refractivity contribution in [3.05, 3.63) is 58.1 Å². The average Bonchev–Trinajstić information content (AvgIpc) is 3.24. The van der Waals surface area contributed by atoms with Crippen LogP contribution < -0.4 is 5.32 Å². The number of hydrogen-bond donors (Lipinski definition) is 1. The molecular weight excluding hydrogens is 404 g/mol. The number of fused-ring (bicyclic) bond motifs is 2. The first-order valence-corrected chi connectivity index (χ1v) is 11.3. The summed E-state index contributed by atoms with van der Waals surface area (Å²) in [4.78, 5) is 18.1. The molecule has 152 valence electrons. The molecule has 0 spiro atoms. The third-order valence-corrected chi connectivity index (χ3v) is 7.54. The van der Waals surface area contributed by atoms with Gasteiger partial charge in [0.1, 0.15) is 0 Å². The summed E-state index contributed by atoms with van der Waals surface area (Å²) < 4.78 is 2.37. The van der Waals surface area contributed by atoms with Crippen LogP contribution in [0.15, 0.2) is 41.3 Å². The van der Waals surface area contributed by atoms with Crippen molar-refractivity contribution in [1.82, 2.24) is 14.1 Å². The van der Waals surface area contributed by atoms with Gasteiger partial charge in [-0.25, -0.2) is 4.31 Å². The SMILES string of the molecule is CN1Sc2ccccc2C1N1CCN(CCc2cc3c(cc2Cl)NC(=O)C3)CC1. The van der Waals surface area contributed by atoms with Crippen molar-refractivity contribution in [1.29, 1.82) is 0 Å². The van der Waals surface area contributed by atoms with E-state index in [1.165, 1.54) is 10.5 Å². The maximum atomic E-state index is 11.6. The first-order valence-electron chi connectivity index (χ1n) is 10.2. The normalized spacial score (nSPS) is 22.6. The molecule has 7 heteroatoms. The number of nitrogens with one attached hydrogen (secondary N) is 1. The Morgan fingerprint density at radius 2 is 1.97 bits per heavy atom. The molecule has 3 aliphatic rings. The molecule has 5 rings (SSSR count). The summed E-state index contributed by atoms with van der Waals surface area (Å²) in [7, 11) is 2.19. The molecule has 0 radical (unpaired) electrons. The molecule has 3 heterocycles. The molecule has 1 amide bonds. The molecule has 2 aromatic rings. The van der Waals surface area contributed by atoms with Crippen LogP contribution in [0, 0.1) is 0 Å². The van der Waals surface area contributed by atoms with Gasteiger partial charge in [-0.3, -0.25) is 9.69 Å². The van der Waals surface area contributed by atoms with Gasteiger partial charge in [-0.05, 0) is 54.2 Å². The van der Waals surface area contributed by atoms with E-state index in [1.807, 2.05) is 18.0 Å². The summed E-state index contributed by atoms with van der Waals surface area (Å²) >= 11 is 8.31. The average molecular weight is 429 g/mol. The van der Waals surface area contributed by atoms with Gasteiger partial charge < -0.3 is 10.2 Å². The Labute approximate surface area is 181 Å². The van der Waals surface area contributed by atoms with Gasteiger partial charge in [0.15, 0.2) is 0 Å². The van der Waals surface area contributed by atoms with Gasteiger partial charge in [0.05, 0.1) is 12.6 Å². The van der Waals surface area contributed by atoms with E-state index in [2.05, 4.69) is 56.8 Å². The summed E-state index contributed by atoms with van der Waals surface area (Å²) in [6, 6.07) is 12.8. The van der Waals surface area contributed by atoms with E-state index < -0.39 is 0 Å². The minimum atomic E-state index is 0.0564. The maximum Gasteiger partial charge on any atom is 0.228 e. The predicted octanol–water partition coefficient (Wildman–Crippen LogP) is 3.65. The van der Waals surface area contributed by atoms with E-state index >= 15 is 0 Å². The van der Waals surface area contributed by atoms with Crippen LogP contribution >= 0.6 is 23.5 Å². The van der Waals surface area contributed by atoms with Crippen LogP contribution in [0.1, 0.15) is 22.9 Å².